The summed E-state index contributed by atoms with van der Waals surface area (Å²) in [5, 5.41) is 4.00. The van der Waals surface area contributed by atoms with Gasteiger partial charge in [0.05, 0.1) is 11.6 Å². The molecule has 2 rings (SSSR count). The number of ether oxygens (including phenoxy) is 1. The van der Waals surface area contributed by atoms with Crippen LogP contribution in [0.1, 0.15) is 18.5 Å². The Morgan fingerprint density at radius 1 is 1.50 bits per heavy atom. The highest BCUT2D eigenvalue weighted by atomic mass is 35.5. The molecule has 2 unspecified atom stereocenters. The average Bonchev–Trinajstić information content (AvgIpc) is 2.18. The molecule has 0 spiro atoms. The molecule has 3 heteroatoms. The van der Waals surface area contributed by atoms with Crippen molar-refractivity contribution in [3.05, 3.63) is 28.8 Å². The SMILES string of the molecule is CNC1c2cccc(Cl)c2OCC1C. The van der Waals surface area contributed by atoms with Gasteiger partial charge in [0.15, 0.2) is 0 Å². The van der Waals surface area contributed by atoms with Gasteiger partial charge in [-0.1, -0.05) is 30.7 Å². The Morgan fingerprint density at radius 3 is 3.00 bits per heavy atom. The quantitative estimate of drug-likeness (QED) is 0.771. The van der Waals surface area contributed by atoms with E-state index < -0.39 is 0 Å². The molecule has 0 saturated carbocycles. The number of halogens is 1. The zero-order chi connectivity index (χ0) is 10.1. The number of benzene rings is 1. The van der Waals surface area contributed by atoms with E-state index in [9.17, 15) is 0 Å². The van der Waals surface area contributed by atoms with Crippen molar-refractivity contribution in [1.82, 2.24) is 5.32 Å². The van der Waals surface area contributed by atoms with Crippen LogP contribution in [0.4, 0.5) is 0 Å². The predicted molar refractivity (Wildman–Crippen MR) is 57.9 cm³/mol. The Bertz CT molecular complexity index is 340. The molecule has 0 bridgehead atoms. The first-order chi connectivity index (χ1) is 6.74. The summed E-state index contributed by atoms with van der Waals surface area (Å²) in [6.07, 6.45) is 0. The van der Waals surface area contributed by atoms with E-state index in [1.54, 1.807) is 0 Å². The molecule has 1 heterocycles. The third-order valence-electron chi connectivity index (χ3n) is 2.70. The van der Waals surface area contributed by atoms with Crippen molar-refractivity contribution in [3.63, 3.8) is 0 Å². The van der Waals surface area contributed by atoms with Gasteiger partial charge in [-0.2, -0.15) is 0 Å². The van der Waals surface area contributed by atoms with Gasteiger partial charge in [0.1, 0.15) is 5.75 Å². The third kappa shape index (κ3) is 1.49. The van der Waals surface area contributed by atoms with E-state index in [-0.39, 0.29) is 0 Å². The molecule has 0 radical (unpaired) electrons. The zero-order valence-electron chi connectivity index (χ0n) is 8.38. The van der Waals surface area contributed by atoms with E-state index >= 15 is 0 Å². The first-order valence-electron chi connectivity index (χ1n) is 4.82. The normalized spacial score (nSPS) is 25.4. The topological polar surface area (TPSA) is 21.3 Å². The van der Waals surface area contributed by atoms with Crippen LogP contribution in [0, 0.1) is 5.92 Å². The minimum Gasteiger partial charge on any atom is -0.491 e. The van der Waals surface area contributed by atoms with Gasteiger partial charge in [-0.15, -0.1) is 0 Å². The van der Waals surface area contributed by atoms with Gasteiger partial charge in [-0.25, -0.2) is 0 Å². The molecule has 0 saturated heterocycles. The van der Waals surface area contributed by atoms with Crippen LogP contribution in [0.2, 0.25) is 5.02 Å². The summed E-state index contributed by atoms with van der Waals surface area (Å²) in [5.41, 5.74) is 1.17. The monoisotopic (exact) mass is 211 g/mol. The average molecular weight is 212 g/mol. The van der Waals surface area contributed by atoms with Gasteiger partial charge in [0.25, 0.3) is 0 Å². The fourth-order valence-electron chi connectivity index (χ4n) is 1.98. The summed E-state index contributed by atoms with van der Waals surface area (Å²) in [6, 6.07) is 6.24. The van der Waals surface area contributed by atoms with Crippen molar-refractivity contribution in [3.8, 4) is 5.75 Å². The fourth-order valence-corrected chi connectivity index (χ4v) is 2.22. The van der Waals surface area contributed by atoms with Crippen molar-refractivity contribution in [2.45, 2.75) is 13.0 Å². The highest BCUT2D eigenvalue weighted by Crippen LogP contribution is 2.39. The highest BCUT2D eigenvalue weighted by molar-refractivity contribution is 6.32. The molecule has 76 valence electrons. The van der Waals surface area contributed by atoms with Crippen molar-refractivity contribution in [2.75, 3.05) is 13.7 Å². The first-order valence-corrected chi connectivity index (χ1v) is 5.20. The van der Waals surface area contributed by atoms with Gasteiger partial charge in [0, 0.05) is 17.5 Å². The number of hydrogen-bond acceptors (Lipinski definition) is 2. The van der Waals surface area contributed by atoms with Crippen LogP contribution in [0.25, 0.3) is 0 Å². The number of hydrogen-bond donors (Lipinski definition) is 1. The maximum absolute atomic E-state index is 6.06. The summed E-state index contributed by atoms with van der Waals surface area (Å²) >= 11 is 6.06. The molecule has 1 aliphatic rings. The fraction of sp³-hybridized carbons (Fsp3) is 0.455. The molecule has 0 amide bonds. The largest absolute Gasteiger partial charge is 0.491 e. The van der Waals surface area contributed by atoms with Crippen LogP contribution in [0.3, 0.4) is 0 Å². The standard InChI is InChI=1S/C11H14ClNO/c1-7-6-14-11-8(10(7)13-2)4-3-5-9(11)12/h3-5,7,10,13H,6H2,1-2H3. The predicted octanol–water partition coefficient (Wildman–Crippen LogP) is 2.63. The first kappa shape index (κ1) is 9.81. The lowest BCUT2D eigenvalue weighted by Gasteiger charge is -2.31. The van der Waals surface area contributed by atoms with Gasteiger partial charge in [-0.3, -0.25) is 0 Å². The van der Waals surface area contributed by atoms with Crippen LogP contribution in [0.5, 0.6) is 5.75 Å². The van der Waals surface area contributed by atoms with Gasteiger partial charge < -0.3 is 10.1 Å². The lowest BCUT2D eigenvalue weighted by atomic mass is 9.92. The second-order valence-corrected chi connectivity index (χ2v) is 4.12. The van der Waals surface area contributed by atoms with Crippen LogP contribution >= 0.6 is 11.6 Å². The number of rotatable bonds is 1. The van der Waals surface area contributed by atoms with E-state index in [1.165, 1.54) is 5.56 Å². The second-order valence-electron chi connectivity index (χ2n) is 3.71. The molecule has 2 atom stereocenters. The molecule has 0 aromatic heterocycles. The zero-order valence-corrected chi connectivity index (χ0v) is 9.14. The van der Waals surface area contributed by atoms with Gasteiger partial charge in [-0.05, 0) is 13.1 Å². The van der Waals surface area contributed by atoms with E-state index in [1.807, 2.05) is 19.2 Å². The van der Waals surface area contributed by atoms with Crippen LogP contribution < -0.4 is 10.1 Å². The lowest BCUT2D eigenvalue weighted by Crippen LogP contribution is -2.31. The van der Waals surface area contributed by atoms with Crippen LogP contribution in [-0.2, 0) is 0 Å². The smallest absolute Gasteiger partial charge is 0.142 e. The molecular formula is C11H14ClNO. The second kappa shape index (κ2) is 3.79. The van der Waals surface area contributed by atoms with E-state index in [0.29, 0.717) is 17.0 Å². The molecular weight excluding hydrogens is 198 g/mol. The van der Waals surface area contributed by atoms with Crippen molar-refractivity contribution in [2.24, 2.45) is 5.92 Å². The summed E-state index contributed by atoms with van der Waals surface area (Å²) in [7, 11) is 1.97. The Morgan fingerprint density at radius 2 is 2.29 bits per heavy atom. The number of nitrogens with one attached hydrogen (secondary N) is 1. The lowest BCUT2D eigenvalue weighted by molar-refractivity contribution is 0.193. The Labute approximate surface area is 89.2 Å². The molecule has 1 aliphatic heterocycles. The summed E-state index contributed by atoms with van der Waals surface area (Å²) in [6.45, 7) is 2.90. The molecule has 1 aromatic carbocycles. The number of para-hydroxylation sites is 1. The van der Waals surface area contributed by atoms with E-state index in [4.69, 9.17) is 16.3 Å². The van der Waals surface area contributed by atoms with Crippen molar-refractivity contribution < 1.29 is 4.74 Å². The van der Waals surface area contributed by atoms with Gasteiger partial charge >= 0.3 is 0 Å². The van der Waals surface area contributed by atoms with Crippen molar-refractivity contribution >= 4 is 11.6 Å². The molecule has 2 nitrogen and oxygen atoms in total. The molecule has 1 N–H and O–H groups in total. The maximum Gasteiger partial charge on any atom is 0.142 e. The summed E-state index contributed by atoms with van der Waals surface area (Å²) < 4.78 is 5.63. The van der Waals surface area contributed by atoms with Crippen LogP contribution in [0.15, 0.2) is 18.2 Å². The molecule has 1 aromatic rings. The summed E-state index contributed by atoms with van der Waals surface area (Å²) in [5.74, 6) is 1.32. The molecule has 14 heavy (non-hydrogen) atoms. The highest BCUT2D eigenvalue weighted by Gasteiger charge is 2.27. The Kier molecular flexibility index (Phi) is 2.66. The van der Waals surface area contributed by atoms with E-state index in [2.05, 4.69) is 18.3 Å². The molecule has 0 aliphatic carbocycles. The van der Waals surface area contributed by atoms with Gasteiger partial charge in [0.2, 0.25) is 0 Å². The maximum atomic E-state index is 6.06. The number of fused-ring (bicyclic) bond motifs is 1. The Hall–Kier alpha value is -0.730. The minimum atomic E-state index is 0.345. The Balaban J connectivity index is 2.46. The molecule has 0 fully saturated rings. The minimum absolute atomic E-state index is 0.345. The third-order valence-corrected chi connectivity index (χ3v) is 3.00. The summed E-state index contributed by atoms with van der Waals surface area (Å²) in [4.78, 5) is 0. The van der Waals surface area contributed by atoms with E-state index in [0.717, 1.165) is 12.4 Å². The van der Waals surface area contributed by atoms with Crippen molar-refractivity contribution in [1.29, 1.82) is 0 Å². The van der Waals surface area contributed by atoms with Crippen LogP contribution in [-0.4, -0.2) is 13.7 Å².